The minimum absolute atomic E-state index is 0.0146. The van der Waals surface area contributed by atoms with E-state index < -0.39 is 6.10 Å². The number of rotatable bonds is 4. The number of hydrogen-bond donors (Lipinski definition) is 2. The van der Waals surface area contributed by atoms with Gasteiger partial charge in [0, 0.05) is 17.1 Å². The molecule has 1 heterocycles. The second-order valence-corrected chi connectivity index (χ2v) is 8.08. The normalized spacial score (nSPS) is 21.5. The highest BCUT2D eigenvalue weighted by molar-refractivity contribution is 5.81. The van der Waals surface area contributed by atoms with Gasteiger partial charge in [-0.3, -0.25) is 4.79 Å². The molecule has 1 saturated heterocycles. The largest absolute Gasteiger partial charge is 0.481 e. The lowest BCUT2D eigenvalue weighted by atomic mass is 9.79. The number of amides is 1. The Morgan fingerprint density at radius 1 is 1.17 bits per heavy atom. The van der Waals surface area contributed by atoms with Crippen LogP contribution in [0.15, 0.2) is 24.3 Å². The maximum atomic E-state index is 12.4. The van der Waals surface area contributed by atoms with Crippen molar-refractivity contribution in [1.82, 2.24) is 10.6 Å². The molecule has 0 saturated carbocycles. The van der Waals surface area contributed by atoms with Gasteiger partial charge in [-0.2, -0.15) is 0 Å². The molecule has 1 amide bonds. The highest BCUT2D eigenvalue weighted by atomic mass is 16.5. The summed E-state index contributed by atoms with van der Waals surface area (Å²) in [7, 11) is 0. The van der Waals surface area contributed by atoms with Crippen LogP contribution in [0, 0.1) is 6.92 Å². The average Bonchev–Trinajstić information content (AvgIpc) is 2.37. The van der Waals surface area contributed by atoms with Crippen molar-refractivity contribution in [2.45, 2.75) is 77.6 Å². The highest BCUT2D eigenvalue weighted by Crippen LogP contribution is 2.28. The van der Waals surface area contributed by atoms with E-state index in [1.165, 1.54) is 5.56 Å². The van der Waals surface area contributed by atoms with Crippen molar-refractivity contribution in [3.63, 3.8) is 0 Å². The Morgan fingerprint density at radius 3 is 2.22 bits per heavy atom. The summed E-state index contributed by atoms with van der Waals surface area (Å²) in [6.07, 6.45) is 1.33. The monoisotopic (exact) mass is 318 g/mol. The van der Waals surface area contributed by atoms with Crippen molar-refractivity contribution < 1.29 is 9.53 Å². The number of carbonyl (C=O) groups is 1. The topological polar surface area (TPSA) is 50.4 Å². The first-order valence-electron chi connectivity index (χ1n) is 8.39. The van der Waals surface area contributed by atoms with Gasteiger partial charge < -0.3 is 15.4 Å². The van der Waals surface area contributed by atoms with E-state index >= 15 is 0 Å². The molecule has 1 aromatic rings. The minimum Gasteiger partial charge on any atom is -0.481 e. The Bertz CT molecular complexity index is 533. The molecule has 1 aliphatic rings. The fourth-order valence-corrected chi connectivity index (χ4v) is 3.62. The first-order valence-corrected chi connectivity index (χ1v) is 8.39. The van der Waals surface area contributed by atoms with Gasteiger partial charge in [-0.15, -0.1) is 0 Å². The molecule has 0 bridgehead atoms. The number of ether oxygens (including phenoxy) is 1. The molecule has 1 atom stereocenters. The van der Waals surface area contributed by atoms with Crippen LogP contribution in [0.1, 0.15) is 53.0 Å². The van der Waals surface area contributed by atoms with Gasteiger partial charge in [-0.1, -0.05) is 17.7 Å². The molecule has 0 aromatic heterocycles. The van der Waals surface area contributed by atoms with Crippen LogP contribution >= 0.6 is 0 Å². The number of aryl methyl sites for hydroxylation is 1. The van der Waals surface area contributed by atoms with Crippen LogP contribution in [0.25, 0.3) is 0 Å². The molecular weight excluding hydrogens is 288 g/mol. The predicted molar refractivity (Wildman–Crippen MR) is 93.7 cm³/mol. The van der Waals surface area contributed by atoms with E-state index in [1.54, 1.807) is 6.92 Å². The number of piperidine rings is 1. The molecule has 0 spiro atoms. The molecule has 1 aromatic carbocycles. The van der Waals surface area contributed by atoms with Crippen molar-refractivity contribution in [2.75, 3.05) is 0 Å². The smallest absolute Gasteiger partial charge is 0.260 e. The SMILES string of the molecule is Cc1ccc(OC(C)C(=O)NC2CC(C)(C)NC(C)(C)C2)cc1. The summed E-state index contributed by atoms with van der Waals surface area (Å²) in [4.78, 5) is 12.4. The summed E-state index contributed by atoms with van der Waals surface area (Å²) in [5.74, 6) is 0.674. The van der Waals surface area contributed by atoms with Gasteiger partial charge in [0.05, 0.1) is 0 Å². The fraction of sp³-hybridized carbons (Fsp3) is 0.632. The first kappa shape index (κ1) is 17.8. The molecule has 0 radical (unpaired) electrons. The van der Waals surface area contributed by atoms with Crippen molar-refractivity contribution in [1.29, 1.82) is 0 Å². The second-order valence-electron chi connectivity index (χ2n) is 8.08. The molecule has 4 nitrogen and oxygen atoms in total. The van der Waals surface area contributed by atoms with Gasteiger partial charge in [0.15, 0.2) is 6.10 Å². The van der Waals surface area contributed by atoms with Crippen LogP contribution < -0.4 is 15.4 Å². The number of hydrogen-bond acceptors (Lipinski definition) is 3. The Morgan fingerprint density at radius 2 is 1.70 bits per heavy atom. The number of nitrogens with one attached hydrogen (secondary N) is 2. The van der Waals surface area contributed by atoms with Crippen LogP contribution in [-0.2, 0) is 4.79 Å². The van der Waals surface area contributed by atoms with Crippen molar-refractivity contribution >= 4 is 5.91 Å². The van der Waals surface area contributed by atoms with Crippen LogP contribution in [0.4, 0.5) is 0 Å². The molecule has 1 unspecified atom stereocenters. The molecule has 1 fully saturated rings. The van der Waals surface area contributed by atoms with E-state index in [-0.39, 0.29) is 23.0 Å². The second kappa shape index (κ2) is 6.52. The first-order chi connectivity index (χ1) is 10.6. The summed E-state index contributed by atoms with van der Waals surface area (Å²) < 4.78 is 5.75. The van der Waals surface area contributed by atoms with E-state index in [0.29, 0.717) is 0 Å². The van der Waals surface area contributed by atoms with Crippen LogP contribution in [0.5, 0.6) is 5.75 Å². The standard InChI is InChI=1S/C19H30N2O2/c1-13-7-9-16(10-8-13)23-14(2)17(22)20-15-11-18(3,4)21-19(5,6)12-15/h7-10,14-15,21H,11-12H2,1-6H3,(H,20,22). The summed E-state index contributed by atoms with van der Waals surface area (Å²) >= 11 is 0. The summed E-state index contributed by atoms with van der Waals surface area (Å²) in [6, 6.07) is 7.93. The summed E-state index contributed by atoms with van der Waals surface area (Å²) in [5, 5.41) is 6.78. The minimum atomic E-state index is -0.501. The molecule has 4 heteroatoms. The lowest BCUT2D eigenvalue weighted by Gasteiger charge is -2.46. The lowest BCUT2D eigenvalue weighted by Crippen LogP contribution is -2.62. The molecule has 2 N–H and O–H groups in total. The van der Waals surface area contributed by atoms with E-state index in [1.807, 2.05) is 31.2 Å². The number of benzene rings is 1. The summed E-state index contributed by atoms with van der Waals surface area (Å²) in [5.41, 5.74) is 1.20. The third-order valence-corrected chi connectivity index (χ3v) is 4.24. The quantitative estimate of drug-likeness (QED) is 0.896. The van der Waals surface area contributed by atoms with E-state index in [9.17, 15) is 4.79 Å². The third kappa shape index (κ3) is 5.24. The zero-order valence-electron chi connectivity index (χ0n) is 15.2. The van der Waals surface area contributed by atoms with Crippen molar-refractivity contribution in [2.24, 2.45) is 0 Å². The molecule has 0 aliphatic carbocycles. The van der Waals surface area contributed by atoms with Crippen LogP contribution in [0.3, 0.4) is 0 Å². The maximum Gasteiger partial charge on any atom is 0.260 e. The molecule has 23 heavy (non-hydrogen) atoms. The van der Waals surface area contributed by atoms with Crippen molar-refractivity contribution in [3.8, 4) is 5.75 Å². The van der Waals surface area contributed by atoms with Crippen LogP contribution in [0.2, 0.25) is 0 Å². The molecule has 2 rings (SSSR count). The molecular formula is C19H30N2O2. The summed E-state index contributed by atoms with van der Waals surface area (Å²) in [6.45, 7) is 12.5. The zero-order chi connectivity index (χ0) is 17.3. The Kier molecular flexibility index (Phi) is 5.04. The highest BCUT2D eigenvalue weighted by Gasteiger charge is 2.38. The van der Waals surface area contributed by atoms with Gasteiger partial charge in [0.1, 0.15) is 5.75 Å². The van der Waals surface area contributed by atoms with Gasteiger partial charge in [-0.05, 0) is 66.5 Å². The van der Waals surface area contributed by atoms with Gasteiger partial charge in [0.25, 0.3) is 5.91 Å². The van der Waals surface area contributed by atoms with Crippen molar-refractivity contribution in [3.05, 3.63) is 29.8 Å². The molecule has 128 valence electrons. The van der Waals surface area contributed by atoms with Gasteiger partial charge in [0.2, 0.25) is 0 Å². The van der Waals surface area contributed by atoms with E-state index in [4.69, 9.17) is 4.74 Å². The fourth-order valence-electron chi connectivity index (χ4n) is 3.62. The Hall–Kier alpha value is -1.55. The maximum absolute atomic E-state index is 12.4. The Labute approximate surface area is 140 Å². The van der Waals surface area contributed by atoms with Gasteiger partial charge >= 0.3 is 0 Å². The zero-order valence-corrected chi connectivity index (χ0v) is 15.2. The average molecular weight is 318 g/mol. The van der Waals surface area contributed by atoms with E-state index in [2.05, 4.69) is 38.3 Å². The predicted octanol–water partition coefficient (Wildman–Crippen LogP) is 3.19. The van der Waals surface area contributed by atoms with E-state index in [0.717, 1.165) is 18.6 Å². The van der Waals surface area contributed by atoms with Gasteiger partial charge in [-0.25, -0.2) is 0 Å². The lowest BCUT2D eigenvalue weighted by molar-refractivity contribution is -0.128. The van der Waals surface area contributed by atoms with Crippen LogP contribution in [-0.4, -0.2) is 29.1 Å². The molecule has 1 aliphatic heterocycles. The Balaban J connectivity index is 1.94. The third-order valence-electron chi connectivity index (χ3n) is 4.24. The number of carbonyl (C=O) groups excluding carboxylic acids is 1.